The largest absolute Gasteiger partial charge is 0.0975 e. The topological polar surface area (TPSA) is 48.8 Å². The molecule has 0 aromatic heterocycles. The van der Waals surface area contributed by atoms with E-state index < -0.39 is 0 Å². The minimum absolute atomic E-state index is 0.192. The fraction of sp³-hybridized carbons (Fsp3) is 0.375. The lowest BCUT2D eigenvalue weighted by Crippen LogP contribution is -1.93. The van der Waals surface area contributed by atoms with Gasteiger partial charge in [0.15, 0.2) is 0 Å². The maximum Gasteiger partial charge on any atom is 0.0734 e. The maximum atomic E-state index is 8.64. The molecule has 1 aliphatic rings. The van der Waals surface area contributed by atoms with Crippen LogP contribution in [0.5, 0.6) is 0 Å². The lowest BCUT2D eigenvalue weighted by atomic mass is 9.99. The van der Waals surface area contributed by atoms with Crippen molar-refractivity contribution in [2.24, 2.45) is 5.11 Å². The Kier molecular flexibility index (Phi) is 5.10. The number of allylic oxidation sites excluding steroid dienone is 2. The predicted molar refractivity (Wildman–Crippen MR) is 77.3 cm³/mol. The molecular formula is C16H17N3. The Balaban J connectivity index is 2.04. The molecule has 0 aliphatic heterocycles. The molecule has 1 aromatic carbocycles. The van der Waals surface area contributed by atoms with Crippen molar-refractivity contribution < 1.29 is 0 Å². The minimum atomic E-state index is -0.192. The Labute approximate surface area is 114 Å². The van der Waals surface area contributed by atoms with Crippen LogP contribution < -0.4 is 0 Å². The molecule has 1 aromatic rings. The van der Waals surface area contributed by atoms with Crippen LogP contribution in [-0.4, -0.2) is 0 Å². The Morgan fingerprint density at radius 3 is 2.79 bits per heavy atom. The van der Waals surface area contributed by atoms with E-state index in [-0.39, 0.29) is 6.04 Å². The van der Waals surface area contributed by atoms with Gasteiger partial charge in [-0.3, -0.25) is 0 Å². The average molecular weight is 251 g/mol. The van der Waals surface area contributed by atoms with E-state index in [0.29, 0.717) is 6.42 Å². The second-order valence-electron chi connectivity index (χ2n) is 4.61. The van der Waals surface area contributed by atoms with Crippen molar-refractivity contribution in [1.29, 1.82) is 0 Å². The summed E-state index contributed by atoms with van der Waals surface area (Å²) in [5.74, 6) is 6.36. The lowest BCUT2D eigenvalue weighted by molar-refractivity contribution is 0.714. The molecule has 0 radical (unpaired) electrons. The van der Waals surface area contributed by atoms with Gasteiger partial charge in [-0.05, 0) is 42.4 Å². The number of hydrogen-bond acceptors (Lipinski definition) is 1. The molecule has 0 bridgehead atoms. The third-order valence-corrected chi connectivity index (χ3v) is 3.21. The van der Waals surface area contributed by atoms with Gasteiger partial charge in [-0.1, -0.05) is 53.4 Å². The van der Waals surface area contributed by atoms with Gasteiger partial charge in [0.05, 0.1) is 6.04 Å². The molecule has 1 atom stereocenters. The Hall–Kier alpha value is -2.17. The van der Waals surface area contributed by atoms with Crippen molar-refractivity contribution in [3.63, 3.8) is 0 Å². The summed E-state index contributed by atoms with van der Waals surface area (Å²) in [7, 11) is 0. The number of nitrogens with zero attached hydrogens (tertiary/aromatic N) is 3. The van der Waals surface area contributed by atoms with Gasteiger partial charge in [-0.2, -0.15) is 0 Å². The lowest BCUT2D eigenvalue weighted by Gasteiger charge is -2.08. The van der Waals surface area contributed by atoms with Crippen molar-refractivity contribution in [2.45, 2.75) is 38.1 Å². The van der Waals surface area contributed by atoms with E-state index in [1.165, 1.54) is 18.4 Å². The van der Waals surface area contributed by atoms with E-state index in [1.807, 2.05) is 30.3 Å². The fourth-order valence-electron chi connectivity index (χ4n) is 2.18. The molecule has 0 fully saturated rings. The summed E-state index contributed by atoms with van der Waals surface area (Å²) in [5.41, 5.74) is 10.9. The molecular weight excluding hydrogens is 234 g/mol. The minimum Gasteiger partial charge on any atom is -0.0975 e. The molecule has 96 valence electrons. The third-order valence-electron chi connectivity index (χ3n) is 3.21. The van der Waals surface area contributed by atoms with Crippen molar-refractivity contribution >= 4 is 0 Å². The number of benzene rings is 1. The normalized spacial score (nSPS) is 15.5. The van der Waals surface area contributed by atoms with Gasteiger partial charge in [-0.15, -0.1) is 0 Å². The van der Waals surface area contributed by atoms with Gasteiger partial charge >= 0.3 is 0 Å². The molecule has 0 heterocycles. The van der Waals surface area contributed by atoms with Gasteiger partial charge in [0.2, 0.25) is 0 Å². The predicted octanol–water partition coefficient (Wildman–Crippen LogP) is 4.93. The smallest absolute Gasteiger partial charge is 0.0734 e. The highest BCUT2D eigenvalue weighted by atomic mass is 15.1. The van der Waals surface area contributed by atoms with Crippen molar-refractivity contribution in [2.75, 3.05) is 0 Å². The molecule has 1 aliphatic carbocycles. The van der Waals surface area contributed by atoms with Crippen LogP contribution in [0.3, 0.4) is 0 Å². The van der Waals surface area contributed by atoms with Crippen LogP contribution in [0.15, 0.2) is 47.1 Å². The zero-order chi connectivity index (χ0) is 13.3. The molecule has 1 unspecified atom stereocenters. The number of hydrogen-bond donors (Lipinski definition) is 0. The van der Waals surface area contributed by atoms with Crippen molar-refractivity contribution in [3.05, 3.63) is 58.0 Å². The SMILES string of the molecule is [N-]=[N+]=NC(CC#CC1=CCCCC1)c1ccccc1. The van der Waals surface area contributed by atoms with Crippen LogP contribution in [0, 0.1) is 11.8 Å². The van der Waals surface area contributed by atoms with Gasteiger partial charge in [-0.25, -0.2) is 0 Å². The maximum absolute atomic E-state index is 8.64. The Bertz CT molecular complexity index is 542. The Morgan fingerprint density at radius 1 is 1.26 bits per heavy atom. The van der Waals surface area contributed by atoms with Crippen LogP contribution >= 0.6 is 0 Å². The van der Waals surface area contributed by atoms with Crippen LogP contribution in [0.2, 0.25) is 0 Å². The molecule has 0 spiro atoms. The molecule has 0 amide bonds. The summed E-state index contributed by atoms with van der Waals surface area (Å²) in [5, 5.41) is 3.84. The summed E-state index contributed by atoms with van der Waals surface area (Å²) in [4.78, 5) is 2.92. The van der Waals surface area contributed by atoms with Crippen LogP contribution in [0.1, 0.15) is 43.7 Å². The van der Waals surface area contributed by atoms with E-state index >= 15 is 0 Å². The highest BCUT2D eigenvalue weighted by Gasteiger charge is 2.07. The van der Waals surface area contributed by atoms with Gasteiger partial charge in [0.1, 0.15) is 0 Å². The molecule has 0 saturated heterocycles. The van der Waals surface area contributed by atoms with Crippen LogP contribution in [0.25, 0.3) is 10.4 Å². The second-order valence-corrected chi connectivity index (χ2v) is 4.61. The first kappa shape index (κ1) is 13.3. The molecule has 2 rings (SSSR count). The molecule has 19 heavy (non-hydrogen) atoms. The zero-order valence-corrected chi connectivity index (χ0v) is 10.9. The molecule has 3 nitrogen and oxygen atoms in total. The second kappa shape index (κ2) is 7.31. The standard InChI is InChI=1S/C16H17N3/c17-19-18-16(15-11-5-2-6-12-15)13-7-10-14-8-3-1-4-9-14/h2,5-6,8,11-12,16H,1,3-4,9,13H2. The third kappa shape index (κ3) is 4.21. The van der Waals surface area contributed by atoms with Crippen molar-refractivity contribution in [3.8, 4) is 11.8 Å². The summed E-state index contributed by atoms with van der Waals surface area (Å²) in [6, 6.07) is 9.61. The van der Waals surface area contributed by atoms with Crippen molar-refractivity contribution in [1.82, 2.24) is 0 Å². The highest BCUT2D eigenvalue weighted by molar-refractivity contribution is 5.30. The summed E-state index contributed by atoms with van der Waals surface area (Å²) >= 11 is 0. The van der Waals surface area contributed by atoms with Gasteiger partial charge in [0.25, 0.3) is 0 Å². The first-order valence-corrected chi connectivity index (χ1v) is 6.67. The first-order valence-electron chi connectivity index (χ1n) is 6.67. The molecule has 3 heteroatoms. The first-order chi connectivity index (χ1) is 9.40. The number of rotatable bonds is 3. The van der Waals surface area contributed by atoms with E-state index in [2.05, 4.69) is 27.9 Å². The zero-order valence-electron chi connectivity index (χ0n) is 10.9. The Morgan fingerprint density at radius 2 is 2.11 bits per heavy atom. The van der Waals surface area contributed by atoms with Crippen LogP contribution in [0.4, 0.5) is 0 Å². The summed E-state index contributed by atoms with van der Waals surface area (Å²) < 4.78 is 0. The van der Waals surface area contributed by atoms with Crippen LogP contribution in [-0.2, 0) is 0 Å². The van der Waals surface area contributed by atoms with E-state index in [1.54, 1.807) is 0 Å². The molecule has 0 saturated carbocycles. The van der Waals surface area contributed by atoms with Gasteiger partial charge < -0.3 is 0 Å². The summed E-state index contributed by atoms with van der Waals surface area (Å²) in [6.45, 7) is 0. The van der Waals surface area contributed by atoms with Gasteiger partial charge in [0, 0.05) is 11.3 Å². The average Bonchev–Trinajstić information content (AvgIpc) is 2.48. The van der Waals surface area contributed by atoms with E-state index in [0.717, 1.165) is 18.4 Å². The summed E-state index contributed by atoms with van der Waals surface area (Å²) in [6.07, 6.45) is 7.54. The number of azide groups is 1. The monoisotopic (exact) mass is 251 g/mol. The quantitative estimate of drug-likeness (QED) is 0.316. The van der Waals surface area contributed by atoms with E-state index in [9.17, 15) is 0 Å². The fourth-order valence-corrected chi connectivity index (χ4v) is 2.18. The molecule has 0 N–H and O–H groups in total. The van der Waals surface area contributed by atoms with E-state index in [4.69, 9.17) is 5.53 Å². The highest BCUT2D eigenvalue weighted by Crippen LogP contribution is 2.21.